The molecule has 0 amide bonds. The summed E-state index contributed by atoms with van der Waals surface area (Å²) in [5, 5.41) is 2.09. The van der Waals surface area contributed by atoms with Crippen LogP contribution in [0.1, 0.15) is 11.0 Å². The smallest absolute Gasteiger partial charge is 0.0645 e. The van der Waals surface area contributed by atoms with Crippen LogP contribution in [0.25, 0.3) is 77.5 Å². The van der Waals surface area contributed by atoms with Crippen molar-refractivity contribution in [1.29, 1.82) is 0 Å². The zero-order valence-corrected chi connectivity index (χ0v) is 32.0. The van der Waals surface area contributed by atoms with Gasteiger partial charge in [0.05, 0.1) is 11.0 Å². The largest absolute Gasteiger partial charge is 0.311 e. The maximum atomic E-state index is 9.75. The number of anilines is 3. The molecule has 0 aromatic heterocycles. The van der Waals surface area contributed by atoms with Crippen LogP contribution in [0, 0.1) is 0 Å². The summed E-state index contributed by atoms with van der Waals surface area (Å²) in [6.45, 7) is 0. The fraction of sp³-hybridized carbons (Fsp3) is 0. The van der Waals surface area contributed by atoms with Gasteiger partial charge in [0.15, 0.2) is 0 Å². The van der Waals surface area contributed by atoms with E-state index < -0.39 is 24.2 Å². The summed E-state index contributed by atoms with van der Waals surface area (Å²) in [6.07, 6.45) is 0. The highest BCUT2D eigenvalue weighted by Crippen LogP contribution is 2.42. The maximum Gasteiger partial charge on any atom is 0.0645 e. The van der Waals surface area contributed by atoms with Crippen LogP contribution >= 0.6 is 0 Å². The lowest BCUT2D eigenvalue weighted by molar-refractivity contribution is 1.28. The molecule has 10 aromatic rings. The highest BCUT2D eigenvalue weighted by Gasteiger charge is 2.17. The first-order valence-corrected chi connectivity index (χ1v) is 19.6. The highest BCUT2D eigenvalue weighted by molar-refractivity contribution is 6.04. The number of hydrogen-bond acceptors (Lipinski definition) is 1. The first-order valence-electron chi connectivity index (χ1n) is 23.6. The third kappa shape index (κ3) is 7.34. The molecule has 0 atom stereocenters. The predicted octanol–water partition coefficient (Wildman–Crippen LogP) is 16.3. The van der Waals surface area contributed by atoms with Crippen LogP contribution in [-0.4, -0.2) is 0 Å². The van der Waals surface area contributed by atoms with Crippen LogP contribution in [0.3, 0.4) is 0 Å². The lowest BCUT2D eigenvalue weighted by atomic mass is 9.89. The highest BCUT2D eigenvalue weighted by atomic mass is 15.1. The van der Waals surface area contributed by atoms with E-state index in [-0.39, 0.29) is 46.7 Å². The van der Waals surface area contributed by atoms with E-state index in [1.165, 1.54) is 4.90 Å². The van der Waals surface area contributed by atoms with Gasteiger partial charge in [-0.2, -0.15) is 0 Å². The minimum absolute atomic E-state index is 0.0902. The molecule has 0 saturated carbocycles. The monoisotopic (exact) mass is 759 g/mol. The van der Waals surface area contributed by atoms with Gasteiger partial charge in [-0.1, -0.05) is 194 Å². The first kappa shape index (κ1) is 27.8. The molecule has 0 heterocycles. The van der Waals surface area contributed by atoms with Gasteiger partial charge in [-0.15, -0.1) is 0 Å². The van der Waals surface area contributed by atoms with Crippen LogP contribution in [-0.2, 0) is 0 Å². The molecule has 0 aliphatic carbocycles. The van der Waals surface area contributed by atoms with E-state index in [1.54, 1.807) is 36.4 Å². The van der Waals surface area contributed by atoms with Crippen LogP contribution in [0.4, 0.5) is 17.1 Å². The summed E-state index contributed by atoms with van der Waals surface area (Å²) >= 11 is 0. The average Bonchev–Trinajstić information content (AvgIpc) is 3.38. The Labute approximate surface area is 358 Å². The van der Waals surface area contributed by atoms with E-state index >= 15 is 0 Å². The molecule has 1 heteroatoms. The van der Waals surface area contributed by atoms with Crippen molar-refractivity contribution in [2.45, 2.75) is 0 Å². The molecule has 0 N–H and O–H groups in total. The van der Waals surface area contributed by atoms with E-state index in [2.05, 4.69) is 36.4 Å². The van der Waals surface area contributed by atoms with Gasteiger partial charge in [-0.3, -0.25) is 0 Å². The summed E-state index contributed by atoms with van der Waals surface area (Å²) < 4.78 is 76.5. The van der Waals surface area contributed by atoms with Crippen LogP contribution < -0.4 is 4.90 Å². The van der Waals surface area contributed by atoms with Gasteiger partial charge < -0.3 is 4.90 Å². The Balaban J connectivity index is 1.21. The van der Waals surface area contributed by atoms with Gasteiger partial charge in [0.2, 0.25) is 0 Å². The molecule has 0 radical (unpaired) electrons. The molecule has 0 spiro atoms. The zero-order valence-electron chi connectivity index (χ0n) is 40.0. The van der Waals surface area contributed by atoms with Crippen molar-refractivity contribution in [2.24, 2.45) is 0 Å². The molecule has 0 aliphatic heterocycles. The number of hydrogen-bond donors (Lipinski definition) is 0. The molecular weight excluding hydrogens is 711 g/mol. The van der Waals surface area contributed by atoms with Crippen molar-refractivity contribution in [1.82, 2.24) is 0 Å². The van der Waals surface area contributed by atoms with E-state index in [0.29, 0.717) is 16.8 Å². The second kappa shape index (κ2) is 16.0. The lowest BCUT2D eigenvalue weighted by Gasteiger charge is -2.26. The van der Waals surface area contributed by atoms with Gasteiger partial charge in [0.1, 0.15) is 0 Å². The standard InChI is InChI=1S/C58H41N/c1-5-15-42(16-6-1)45-25-32-53(33-26-45)59(55-36-29-49(30-37-55)58-56-24-14-13-23-48(56)31-38-57(58)47-21-11-4-12-22-47)54-34-27-46(28-35-54)52-40-50(43-17-7-2-8-18-43)39-51(41-52)44-19-9-3-10-20-44/h1-41H/i25D,26D,27D,28D,32D,33D,34D,35D. The van der Waals surface area contributed by atoms with Gasteiger partial charge in [-0.05, 0) is 132 Å². The zero-order chi connectivity index (χ0) is 46.3. The van der Waals surface area contributed by atoms with Crippen molar-refractivity contribution in [3.05, 3.63) is 249 Å². The SMILES string of the molecule is [2H]c1c([2H])c(N(c2ccc(-c3c(-c4ccccc4)ccc4ccccc34)cc2)c2c([2H])c([2H])c(-c3cc(-c4ccccc4)cc(-c4ccccc4)c3)c([2H])c2[2H])c([2H])c([2H])c1-c1ccccc1. The molecule has 1 nitrogen and oxygen atoms in total. The Bertz CT molecular complexity index is 3360. The Kier molecular flexibility index (Phi) is 7.54. The Hall–Kier alpha value is -7.74. The Morgan fingerprint density at radius 1 is 0.271 bits per heavy atom. The fourth-order valence-electron chi connectivity index (χ4n) is 7.68. The minimum Gasteiger partial charge on any atom is -0.311 e. The van der Waals surface area contributed by atoms with Crippen LogP contribution in [0.15, 0.2) is 249 Å². The van der Waals surface area contributed by atoms with Gasteiger partial charge in [0, 0.05) is 17.1 Å². The van der Waals surface area contributed by atoms with Crippen molar-refractivity contribution in [3.8, 4) is 66.8 Å². The molecule has 0 unspecified atom stereocenters. The molecule has 0 fully saturated rings. The van der Waals surface area contributed by atoms with Crippen molar-refractivity contribution >= 4 is 27.8 Å². The van der Waals surface area contributed by atoms with Crippen molar-refractivity contribution < 1.29 is 11.0 Å². The number of benzene rings is 10. The second-order valence-electron chi connectivity index (χ2n) is 14.3. The summed E-state index contributed by atoms with van der Waals surface area (Å²) in [4.78, 5) is 1.36. The molecule has 0 bridgehead atoms. The molecule has 0 saturated heterocycles. The van der Waals surface area contributed by atoms with Gasteiger partial charge in [-0.25, -0.2) is 0 Å². The summed E-state index contributed by atoms with van der Waals surface area (Å²) in [6, 6.07) is 61.2. The van der Waals surface area contributed by atoms with Crippen molar-refractivity contribution in [3.63, 3.8) is 0 Å². The first-order chi connectivity index (χ1) is 32.6. The molecule has 0 aliphatic rings. The van der Waals surface area contributed by atoms with Crippen LogP contribution in [0.2, 0.25) is 0 Å². The van der Waals surface area contributed by atoms with Crippen LogP contribution in [0.5, 0.6) is 0 Å². The third-order valence-corrected chi connectivity index (χ3v) is 10.6. The van der Waals surface area contributed by atoms with E-state index in [9.17, 15) is 11.0 Å². The summed E-state index contributed by atoms with van der Waals surface area (Å²) in [5.74, 6) is 0. The Morgan fingerprint density at radius 2 is 0.678 bits per heavy atom. The van der Waals surface area contributed by atoms with E-state index in [0.717, 1.165) is 55.3 Å². The number of nitrogens with zero attached hydrogens (tertiary/aromatic N) is 1. The molecule has 278 valence electrons. The van der Waals surface area contributed by atoms with Gasteiger partial charge >= 0.3 is 0 Å². The predicted molar refractivity (Wildman–Crippen MR) is 251 cm³/mol. The third-order valence-electron chi connectivity index (χ3n) is 10.6. The minimum atomic E-state index is -0.407. The Morgan fingerprint density at radius 3 is 1.19 bits per heavy atom. The van der Waals surface area contributed by atoms with Crippen molar-refractivity contribution in [2.75, 3.05) is 4.90 Å². The van der Waals surface area contributed by atoms with E-state index in [1.807, 2.05) is 127 Å². The fourth-order valence-corrected chi connectivity index (χ4v) is 7.68. The van der Waals surface area contributed by atoms with E-state index in [4.69, 9.17) is 0 Å². The second-order valence-corrected chi connectivity index (χ2v) is 14.3. The molecule has 59 heavy (non-hydrogen) atoms. The topological polar surface area (TPSA) is 3.24 Å². The summed E-state index contributed by atoms with van der Waals surface area (Å²) in [5.41, 5.74) is 8.51. The summed E-state index contributed by atoms with van der Waals surface area (Å²) in [7, 11) is 0. The molecular formula is C58H41N. The lowest BCUT2D eigenvalue weighted by Crippen LogP contribution is -2.09. The molecule has 10 aromatic carbocycles. The number of rotatable bonds is 9. The molecule has 10 rings (SSSR count). The van der Waals surface area contributed by atoms with Gasteiger partial charge in [0.25, 0.3) is 0 Å². The maximum absolute atomic E-state index is 9.75. The normalized spacial score (nSPS) is 12.9. The number of fused-ring (bicyclic) bond motifs is 1. The quantitative estimate of drug-likeness (QED) is 0.142. The average molecular weight is 760 g/mol.